The predicted octanol–water partition coefficient (Wildman–Crippen LogP) is 2.98. The first kappa shape index (κ1) is 23.1. The van der Waals surface area contributed by atoms with Crippen molar-refractivity contribution in [2.45, 2.75) is 45.2 Å². The van der Waals surface area contributed by atoms with Gasteiger partial charge in [-0.2, -0.15) is 0 Å². The Labute approximate surface area is 175 Å². The summed E-state index contributed by atoms with van der Waals surface area (Å²) in [6.45, 7) is 5.40. The first-order valence-electron chi connectivity index (χ1n) is 9.67. The molecule has 4 atom stereocenters. The second-order valence-electron chi connectivity index (χ2n) is 7.79. The van der Waals surface area contributed by atoms with Gasteiger partial charge >= 0.3 is 11.9 Å². The van der Waals surface area contributed by atoms with Crippen LogP contribution in [0.25, 0.3) is 0 Å². The number of piperidine rings is 1. The number of nitrogens with zero attached hydrogens (tertiary/aromatic N) is 3. The molecule has 0 radical (unpaired) electrons. The fourth-order valence-electron chi connectivity index (χ4n) is 4.32. The molecule has 2 bridgehead atoms. The van der Waals surface area contributed by atoms with E-state index in [4.69, 9.17) is 26.6 Å². The van der Waals surface area contributed by atoms with Crippen molar-refractivity contribution in [1.82, 2.24) is 15.1 Å². The molecule has 29 heavy (non-hydrogen) atoms. The van der Waals surface area contributed by atoms with E-state index in [1.54, 1.807) is 12.1 Å². The van der Waals surface area contributed by atoms with Crippen LogP contribution in [0.2, 0.25) is 5.15 Å². The number of carbonyl (C=O) groups is 2. The Balaban J connectivity index is 0.000000321. The minimum absolute atomic E-state index is 0.401. The Morgan fingerprint density at radius 1 is 1.24 bits per heavy atom. The molecule has 2 fully saturated rings. The van der Waals surface area contributed by atoms with Crippen molar-refractivity contribution in [2.75, 3.05) is 13.7 Å². The summed E-state index contributed by atoms with van der Waals surface area (Å²) in [5.74, 6) is 0.0707. The van der Waals surface area contributed by atoms with Crippen molar-refractivity contribution in [3.63, 3.8) is 0 Å². The van der Waals surface area contributed by atoms with Gasteiger partial charge in [0.25, 0.3) is 0 Å². The quantitative estimate of drug-likeness (QED) is 0.669. The van der Waals surface area contributed by atoms with Gasteiger partial charge in [-0.3, -0.25) is 0 Å². The van der Waals surface area contributed by atoms with Gasteiger partial charge < -0.3 is 19.8 Å². The molecule has 9 heteroatoms. The highest BCUT2D eigenvalue weighted by Crippen LogP contribution is 2.44. The lowest BCUT2D eigenvalue weighted by molar-refractivity contribution is -0.134. The van der Waals surface area contributed by atoms with Gasteiger partial charge in [0.1, 0.15) is 0 Å². The van der Waals surface area contributed by atoms with Crippen LogP contribution in [0.1, 0.15) is 33.1 Å². The molecule has 1 aromatic rings. The molecule has 3 heterocycles. The third-order valence-corrected chi connectivity index (χ3v) is 5.94. The number of fused-ring (bicyclic) bond motifs is 2. The van der Waals surface area contributed by atoms with Gasteiger partial charge in [-0.05, 0) is 44.2 Å². The van der Waals surface area contributed by atoms with E-state index in [2.05, 4.69) is 36.0 Å². The summed E-state index contributed by atoms with van der Waals surface area (Å²) in [6, 6.07) is 4.94. The molecule has 8 nitrogen and oxygen atoms in total. The third-order valence-electron chi connectivity index (χ3n) is 5.74. The number of aliphatic carboxylic acids is 2. The van der Waals surface area contributed by atoms with Crippen LogP contribution in [-0.4, -0.2) is 63.0 Å². The van der Waals surface area contributed by atoms with Gasteiger partial charge in [0, 0.05) is 36.2 Å². The Morgan fingerprint density at radius 3 is 2.41 bits per heavy atom. The van der Waals surface area contributed by atoms with Crippen LogP contribution in [-0.2, 0) is 9.59 Å². The molecule has 0 amide bonds. The Morgan fingerprint density at radius 2 is 1.90 bits per heavy atom. The first-order valence-corrected chi connectivity index (χ1v) is 10.0. The summed E-state index contributed by atoms with van der Waals surface area (Å²) in [4.78, 5) is 21.7. The molecule has 160 valence electrons. The Hall–Kier alpha value is -2.19. The van der Waals surface area contributed by atoms with Gasteiger partial charge in [0.05, 0.1) is 6.61 Å². The fraction of sp³-hybridized carbons (Fsp3) is 0.600. The van der Waals surface area contributed by atoms with Crippen molar-refractivity contribution in [3.05, 3.63) is 29.4 Å². The standard InChI is InChI=1S/C16H24ClN3O.C4H4O4/c1-10(2)12-8-11-4-5-14(20(11)3)13(12)9-21-16-7-6-15(17)18-19-16;5-3(6)1-2-4(7)8/h6-7,10-14H,4-5,8-9H2,1-3H3;1-2H,(H,5,6)(H,7,8)/b;2-1+/t11?,12-,13+,14?;/m0./s1. The summed E-state index contributed by atoms with van der Waals surface area (Å²) >= 11 is 5.76. The highest BCUT2D eigenvalue weighted by Gasteiger charge is 2.46. The Kier molecular flexibility index (Phi) is 8.40. The van der Waals surface area contributed by atoms with Crippen molar-refractivity contribution >= 4 is 23.5 Å². The molecule has 0 aliphatic carbocycles. The molecule has 0 aromatic carbocycles. The largest absolute Gasteiger partial charge is 0.478 e. The zero-order valence-corrected chi connectivity index (χ0v) is 17.6. The summed E-state index contributed by atoms with van der Waals surface area (Å²) in [5.41, 5.74) is 0. The van der Waals surface area contributed by atoms with E-state index in [0.717, 1.165) is 18.6 Å². The topological polar surface area (TPSA) is 113 Å². The highest BCUT2D eigenvalue weighted by atomic mass is 35.5. The van der Waals surface area contributed by atoms with Crippen molar-refractivity contribution in [1.29, 1.82) is 0 Å². The van der Waals surface area contributed by atoms with Crippen LogP contribution in [0.15, 0.2) is 24.3 Å². The lowest BCUT2D eigenvalue weighted by atomic mass is 9.74. The number of hydrogen-bond acceptors (Lipinski definition) is 6. The number of halogens is 1. The summed E-state index contributed by atoms with van der Waals surface area (Å²) < 4.78 is 5.92. The number of hydrogen-bond donors (Lipinski definition) is 2. The number of carboxylic acids is 2. The van der Waals surface area contributed by atoms with E-state index in [-0.39, 0.29) is 0 Å². The van der Waals surface area contributed by atoms with Crippen LogP contribution in [0.5, 0.6) is 5.88 Å². The normalized spacial score (nSPS) is 26.2. The smallest absolute Gasteiger partial charge is 0.328 e. The second-order valence-corrected chi connectivity index (χ2v) is 8.17. The van der Waals surface area contributed by atoms with Gasteiger partial charge in [0.15, 0.2) is 5.15 Å². The number of ether oxygens (including phenoxy) is 1. The van der Waals surface area contributed by atoms with E-state index in [0.29, 0.717) is 41.1 Å². The molecular weight excluding hydrogens is 398 g/mol. The maximum Gasteiger partial charge on any atom is 0.328 e. The maximum absolute atomic E-state index is 9.55. The van der Waals surface area contributed by atoms with Crippen LogP contribution in [0, 0.1) is 17.8 Å². The first-order chi connectivity index (χ1) is 13.7. The monoisotopic (exact) mass is 425 g/mol. The molecule has 3 rings (SSSR count). The number of rotatable bonds is 6. The number of aromatic nitrogens is 2. The molecule has 0 spiro atoms. The molecule has 2 unspecified atom stereocenters. The van der Waals surface area contributed by atoms with Crippen LogP contribution in [0.3, 0.4) is 0 Å². The van der Waals surface area contributed by atoms with Gasteiger partial charge in [-0.25, -0.2) is 9.59 Å². The molecule has 2 aliphatic heterocycles. The lowest BCUT2D eigenvalue weighted by Gasteiger charge is -2.44. The van der Waals surface area contributed by atoms with Crippen molar-refractivity contribution in [3.8, 4) is 5.88 Å². The maximum atomic E-state index is 9.55. The zero-order valence-electron chi connectivity index (χ0n) is 16.9. The molecular formula is C20H28ClN3O5. The van der Waals surface area contributed by atoms with E-state index >= 15 is 0 Å². The predicted molar refractivity (Wildman–Crippen MR) is 108 cm³/mol. The lowest BCUT2D eigenvalue weighted by Crippen LogP contribution is -2.50. The van der Waals surface area contributed by atoms with Crippen LogP contribution in [0.4, 0.5) is 0 Å². The second kappa shape index (κ2) is 10.5. The van der Waals surface area contributed by atoms with E-state index in [9.17, 15) is 9.59 Å². The van der Waals surface area contributed by atoms with E-state index < -0.39 is 11.9 Å². The van der Waals surface area contributed by atoms with Crippen LogP contribution >= 0.6 is 11.6 Å². The third kappa shape index (κ3) is 6.68. The van der Waals surface area contributed by atoms with Gasteiger partial charge in [-0.1, -0.05) is 25.4 Å². The summed E-state index contributed by atoms with van der Waals surface area (Å²) in [7, 11) is 2.27. The molecule has 2 aliphatic rings. The average Bonchev–Trinajstić information content (AvgIpc) is 2.90. The van der Waals surface area contributed by atoms with Crippen molar-refractivity contribution < 1.29 is 24.5 Å². The molecule has 0 saturated carbocycles. The van der Waals surface area contributed by atoms with Crippen molar-refractivity contribution in [2.24, 2.45) is 17.8 Å². The molecule has 2 N–H and O–H groups in total. The average molecular weight is 426 g/mol. The SMILES string of the molecule is CC(C)[C@@H]1CC2CCC([C@@H]1COc1ccc(Cl)nn1)N2C.O=C(O)/C=C/C(=O)O. The van der Waals surface area contributed by atoms with Gasteiger partial charge in [0.2, 0.25) is 5.88 Å². The van der Waals surface area contributed by atoms with E-state index in [1.165, 1.54) is 19.3 Å². The van der Waals surface area contributed by atoms with E-state index in [1.807, 2.05) is 0 Å². The summed E-state index contributed by atoms with van der Waals surface area (Å²) in [5, 5.41) is 23.9. The minimum atomic E-state index is -1.26. The zero-order chi connectivity index (χ0) is 21.6. The summed E-state index contributed by atoms with van der Waals surface area (Å²) in [6.07, 6.45) is 5.04. The Bertz CT molecular complexity index is 709. The van der Waals surface area contributed by atoms with Crippen LogP contribution < -0.4 is 4.74 Å². The van der Waals surface area contributed by atoms with Gasteiger partial charge in [-0.15, -0.1) is 10.2 Å². The highest BCUT2D eigenvalue weighted by molar-refractivity contribution is 6.29. The fourth-order valence-corrected chi connectivity index (χ4v) is 4.42. The molecule has 2 saturated heterocycles. The number of carboxylic acid groups (broad SMARTS) is 2. The molecule has 1 aromatic heterocycles. The minimum Gasteiger partial charge on any atom is -0.478 e.